The van der Waals surface area contributed by atoms with Crippen LogP contribution in [-0.2, 0) is 11.2 Å². The summed E-state index contributed by atoms with van der Waals surface area (Å²) in [6.07, 6.45) is 0.243. The number of amides is 3. The van der Waals surface area contributed by atoms with Crippen molar-refractivity contribution in [2.75, 3.05) is 12.4 Å². The summed E-state index contributed by atoms with van der Waals surface area (Å²) in [6, 6.07) is 7.12. The van der Waals surface area contributed by atoms with Gasteiger partial charge in [-0.1, -0.05) is 32.0 Å². The average molecular weight is 277 g/mol. The number of anilines is 1. The van der Waals surface area contributed by atoms with Gasteiger partial charge in [0, 0.05) is 18.8 Å². The summed E-state index contributed by atoms with van der Waals surface area (Å²) in [5, 5.41) is 8.24. The fourth-order valence-corrected chi connectivity index (χ4v) is 1.59. The van der Waals surface area contributed by atoms with Gasteiger partial charge in [0.1, 0.15) is 0 Å². The molecule has 0 saturated carbocycles. The molecule has 0 heterocycles. The van der Waals surface area contributed by atoms with E-state index in [1.165, 1.54) is 0 Å². The van der Waals surface area contributed by atoms with E-state index in [2.05, 4.69) is 16.0 Å². The van der Waals surface area contributed by atoms with Crippen molar-refractivity contribution >= 4 is 17.6 Å². The van der Waals surface area contributed by atoms with Crippen molar-refractivity contribution in [3.8, 4) is 0 Å². The minimum Gasteiger partial charge on any atom is -0.359 e. The monoisotopic (exact) mass is 277 g/mol. The molecule has 0 aliphatic heterocycles. The van der Waals surface area contributed by atoms with Crippen molar-refractivity contribution in [2.45, 2.75) is 33.2 Å². The Balaban J connectivity index is 2.72. The second-order valence-electron chi connectivity index (χ2n) is 5.14. The molecule has 0 aliphatic rings. The summed E-state index contributed by atoms with van der Waals surface area (Å²) in [7, 11) is 1.59. The number of hydrogen-bond acceptors (Lipinski definition) is 2. The summed E-state index contributed by atoms with van der Waals surface area (Å²) in [6.45, 7) is 6.05. The van der Waals surface area contributed by atoms with Crippen molar-refractivity contribution < 1.29 is 9.59 Å². The van der Waals surface area contributed by atoms with Crippen molar-refractivity contribution in [2.24, 2.45) is 5.92 Å². The highest BCUT2D eigenvalue weighted by atomic mass is 16.2. The van der Waals surface area contributed by atoms with Gasteiger partial charge in [-0.05, 0) is 24.5 Å². The normalized spacial score (nSPS) is 11.8. The first-order valence-corrected chi connectivity index (χ1v) is 6.80. The Bertz CT molecular complexity index is 472. The SMILES string of the molecule is CNC(=O)Cc1ccccc1NC(=O)NC(C)C(C)C. The summed E-state index contributed by atoms with van der Waals surface area (Å²) >= 11 is 0. The van der Waals surface area contributed by atoms with Crippen LogP contribution in [0.5, 0.6) is 0 Å². The van der Waals surface area contributed by atoms with Crippen LogP contribution >= 0.6 is 0 Å². The van der Waals surface area contributed by atoms with Gasteiger partial charge in [0.05, 0.1) is 6.42 Å². The maximum Gasteiger partial charge on any atom is 0.319 e. The topological polar surface area (TPSA) is 70.2 Å². The molecule has 1 aromatic carbocycles. The van der Waals surface area contributed by atoms with Crippen LogP contribution in [0.2, 0.25) is 0 Å². The summed E-state index contributed by atoms with van der Waals surface area (Å²) in [5.41, 5.74) is 1.45. The smallest absolute Gasteiger partial charge is 0.319 e. The molecule has 3 amide bonds. The van der Waals surface area contributed by atoms with E-state index in [0.717, 1.165) is 5.56 Å². The van der Waals surface area contributed by atoms with Crippen molar-refractivity contribution in [1.29, 1.82) is 0 Å². The Kier molecular flexibility index (Phi) is 6.03. The maximum absolute atomic E-state index is 11.9. The van der Waals surface area contributed by atoms with E-state index in [0.29, 0.717) is 11.6 Å². The lowest BCUT2D eigenvalue weighted by atomic mass is 10.1. The number of urea groups is 1. The van der Waals surface area contributed by atoms with E-state index in [1.807, 2.05) is 39.0 Å². The molecule has 110 valence electrons. The third kappa shape index (κ3) is 4.91. The zero-order valence-electron chi connectivity index (χ0n) is 12.5. The standard InChI is InChI=1S/C15H23N3O2/c1-10(2)11(3)17-15(20)18-13-8-6-5-7-12(13)9-14(19)16-4/h5-8,10-11H,9H2,1-4H3,(H,16,19)(H2,17,18,20). The highest BCUT2D eigenvalue weighted by Gasteiger charge is 2.12. The van der Waals surface area contributed by atoms with E-state index in [9.17, 15) is 9.59 Å². The van der Waals surface area contributed by atoms with Crippen LogP contribution in [0.25, 0.3) is 0 Å². The molecule has 0 radical (unpaired) electrons. The Morgan fingerprint density at radius 2 is 1.80 bits per heavy atom. The fourth-order valence-electron chi connectivity index (χ4n) is 1.59. The fraction of sp³-hybridized carbons (Fsp3) is 0.467. The van der Waals surface area contributed by atoms with Gasteiger partial charge in [-0.25, -0.2) is 4.79 Å². The molecule has 0 saturated heterocycles. The predicted octanol–water partition coefficient (Wildman–Crippen LogP) is 2.14. The number of hydrogen-bond donors (Lipinski definition) is 3. The van der Waals surface area contributed by atoms with Crippen LogP contribution in [0.1, 0.15) is 26.3 Å². The zero-order valence-corrected chi connectivity index (χ0v) is 12.5. The summed E-state index contributed by atoms with van der Waals surface area (Å²) in [5.74, 6) is 0.275. The van der Waals surface area contributed by atoms with Crippen molar-refractivity contribution in [3.63, 3.8) is 0 Å². The summed E-state index contributed by atoms with van der Waals surface area (Å²) in [4.78, 5) is 23.4. The minimum absolute atomic E-state index is 0.0844. The highest BCUT2D eigenvalue weighted by Crippen LogP contribution is 2.15. The second kappa shape index (κ2) is 7.53. The van der Waals surface area contributed by atoms with Gasteiger partial charge in [0.15, 0.2) is 0 Å². The highest BCUT2D eigenvalue weighted by molar-refractivity contribution is 5.91. The number of rotatable bonds is 5. The predicted molar refractivity (Wildman–Crippen MR) is 80.7 cm³/mol. The first kappa shape index (κ1) is 16.0. The molecular formula is C15H23N3O2. The molecule has 1 atom stereocenters. The van der Waals surface area contributed by atoms with Crippen LogP contribution in [0.15, 0.2) is 24.3 Å². The molecule has 1 aromatic rings. The van der Waals surface area contributed by atoms with E-state index < -0.39 is 0 Å². The van der Waals surface area contributed by atoms with Gasteiger partial charge in [0.25, 0.3) is 0 Å². The molecule has 1 rings (SSSR count). The molecule has 0 bridgehead atoms. The molecule has 0 aliphatic carbocycles. The van der Waals surface area contributed by atoms with E-state index in [1.54, 1.807) is 13.1 Å². The van der Waals surface area contributed by atoms with Crippen LogP contribution in [-0.4, -0.2) is 25.0 Å². The Labute approximate surface area is 120 Å². The lowest BCUT2D eigenvalue weighted by Gasteiger charge is -2.18. The van der Waals surface area contributed by atoms with Gasteiger partial charge in [0.2, 0.25) is 5.91 Å². The Morgan fingerprint density at radius 1 is 1.15 bits per heavy atom. The van der Waals surface area contributed by atoms with E-state index in [-0.39, 0.29) is 24.4 Å². The number of carbonyl (C=O) groups excluding carboxylic acids is 2. The molecular weight excluding hydrogens is 254 g/mol. The van der Waals surface area contributed by atoms with Crippen molar-refractivity contribution in [1.82, 2.24) is 10.6 Å². The largest absolute Gasteiger partial charge is 0.359 e. The van der Waals surface area contributed by atoms with E-state index >= 15 is 0 Å². The minimum atomic E-state index is -0.254. The number of para-hydroxylation sites is 1. The molecule has 0 fully saturated rings. The van der Waals surface area contributed by atoms with E-state index in [4.69, 9.17) is 0 Å². The number of likely N-dealkylation sites (N-methyl/N-ethyl adjacent to an activating group) is 1. The quantitative estimate of drug-likeness (QED) is 0.771. The molecule has 5 heteroatoms. The average Bonchev–Trinajstić information content (AvgIpc) is 2.40. The Morgan fingerprint density at radius 3 is 2.40 bits per heavy atom. The van der Waals surface area contributed by atoms with Gasteiger partial charge in [-0.3, -0.25) is 4.79 Å². The maximum atomic E-state index is 11.9. The summed E-state index contributed by atoms with van der Waals surface area (Å²) < 4.78 is 0. The lowest BCUT2D eigenvalue weighted by Crippen LogP contribution is -2.39. The van der Waals surface area contributed by atoms with Crippen LogP contribution in [0, 0.1) is 5.92 Å². The third-order valence-electron chi connectivity index (χ3n) is 3.25. The van der Waals surface area contributed by atoms with Crippen LogP contribution in [0.4, 0.5) is 10.5 Å². The molecule has 20 heavy (non-hydrogen) atoms. The molecule has 5 nitrogen and oxygen atoms in total. The van der Waals surface area contributed by atoms with Crippen molar-refractivity contribution in [3.05, 3.63) is 29.8 Å². The van der Waals surface area contributed by atoms with Gasteiger partial charge in [-0.2, -0.15) is 0 Å². The number of carbonyl (C=O) groups is 2. The third-order valence-corrected chi connectivity index (χ3v) is 3.25. The van der Waals surface area contributed by atoms with Gasteiger partial charge in [-0.15, -0.1) is 0 Å². The molecule has 0 spiro atoms. The second-order valence-corrected chi connectivity index (χ2v) is 5.14. The molecule has 3 N–H and O–H groups in total. The van der Waals surface area contributed by atoms with Gasteiger partial charge < -0.3 is 16.0 Å². The molecule has 0 aromatic heterocycles. The van der Waals surface area contributed by atoms with Gasteiger partial charge >= 0.3 is 6.03 Å². The lowest BCUT2D eigenvalue weighted by molar-refractivity contribution is -0.119. The van der Waals surface area contributed by atoms with Crippen LogP contribution in [0.3, 0.4) is 0 Å². The van der Waals surface area contributed by atoms with Crippen LogP contribution < -0.4 is 16.0 Å². The first-order valence-electron chi connectivity index (χ1n) is 6.80. The number of benzene rings is 1. The molecule has 1 unspecified atom stereocenters. The zero-order chi connectivity index (χ0) is 15.1. The Hall–Kier alpha value is -2.04. The first-order chi connectivity index (χ1) is 9.43. The number of nitrogens with one attached hydrogen (secondary N) is 3.